The van der Waals surface area contributed by atoms with Crippen molar-refractivity contribution in [3.63, 3.8) is 0 Å². The van der Waals surface area contributed by atoms with Crippen molar-refractivity contribution in [1.82, 2.24) is 4.90 Å². The summed E-state index contributed by atoms with van der Waals surface area (Å²) in [5.74, 6) is 0. The Bertz CT molecular complexity index is 610. The molecule has 0 radical (unpaired) electrons. The second-order valence-electron chi connectivity index (χ2n) is 5.09. The van der Waals surface area contributed by atoms with Gasteiger partial charge in [-0.15, -0.1) is 0 Å². The molecular formula is C18H19N. The number of hydrogen-bond donors (Lipinski definition) is 0. The van der Waals surface area contributed by atoms with Gasteiger partial charge < -0.3 is 0 Å². The van der Waals surface area contributed by atoms with Gasteiger partial charge in [0.05, 0.1) is 0 Å². The largest absolute Gasteiger partial charge is 0.289 e. The molecule has 96 valence electrons. The first-order valence-electron chi connectivity index (χ1n) is 6.89. The van der Waals surface area contributed by atoms with Gasteiger partial charge in [-0.1, -0.05) is 60.7 Å². The first kappa shape index (κ1) is 12.2. The highest BCUT2D eigenvalue weighted by Crippen LogP contribution is 2.24. The molecule has 0 saturated carbocycles. The number of hydrogen-bond acceptors (Lipinski definition) is 1. The Kier molecular flexibility index (Phi) is 3.47. The Hall–Kier alpha value is -1.86. The summed E-state index contributed by atoms with van der Waals surface area (Å²) in [6.07, 6.45) is 8.71. The first-order chi connectivity index (χ1) is 9.34. The summed E-state index contributed by atoms with van der Waals surface area (Å²) in [6.45, 7) is 4.32. The third kappa shape index (κ3) is 2.61. The average Bonchev–Trinajstić information content (AvgIpc) is 2.75. The summed E-state index contributed by atoms with van der Waals surface area (Å²) in [4.78, 5) is 2.48. The zero-order chi connectivity index (χ0) is 13.1. The highest BCUT2D eigenvalue weighted by molar-refractivity contribution is 5.83. The average molecular weight is 249 g/mol. The normalized spacial score (nSPS) is 17.5. The summed E-state index contributed by atoms with van der Waals surface area (Å²) in [5.41, 5.74) is 1.39. The van der Waals surface area contributed by atoms with Crippen LogP contribution in [0.15, 0.2) is 66.8 Å². The van der Waals surface area contributed by atoms with Gasteiger partial charge in [-0.3, -0.25) is 4.90 Å². The van der Waals surface area contributed by atoms with Gasteiger partial charge in [0.2, 0.25) is 0 Å². The maximum absolute atomic E-state index is 2.48. The van der Waals surface area contributed by atoms with E-state index >= 15 is 0 Å². The molecule has 1 atom stereocenters. The van der Waals surface area contributed by atoms with E-state index < -0.39 is 0 Å². The van der Waals surface area contributed by atoms with E-state index in [4.69, 9.17) is 0 Å². The lowest BCUT2D eigenvalue weighted by Crippen LogP contribution is -2.26. The third-order valence-corrected chi connectivity index (χ3v) is 3.87. The first-order valence-corrected chi connectivity index (χ1v) is 6.89. The molecule has 0 N–H and O–H groups in total. The van der Waals surface area contributed by atoms with Gasteiger partial charge in [-0.05, 0) is 29.3 Å². The fourth-order valence-electron chi connectivity index (χ4n) is 2.62. The molecule has 2 aromatic rings. The van der Waals surface area contributed by atoms with Crippen LogP contribution >= 0.6 is 0 Å². The Labute approximate surface area is 114 Å². The van der Waals surface area contributed by atoms with E-state index in [1.54, 1.807) is 0 Å². The van der Waals surface area contributed by atoms with E-state index in [0.29, 0.717) is 6.04 Å². The molecule has 1 heterocycles. The monoisotopic (exact) mass is 249 g/mol. The molecule has 0 amide bonds. The van der Waals surface area contributed by atoms with E-state index in [2.05, 4.69) is 78.6 Å². The predicted molar refractivity (Wildman–Crippen MR) is 82.2 cm³/mol. The molecule has 0 saturated heterocycles. The number of rotatable bonds is 2. The predicted octanol–water partition coefficient (Wildman–Crippen LogP) is 4.33. The van der Waals surface area contributed by atoms with E-state index in [9.17, 15) is 0 Å². The minimum absolute atomic E-state index is 0.442. The SMILES string of the molecule is C[C@H](c1ccc2ccccc2c1)N1CC=CC=CC1. The van der Waals surface area contributed by atoms with Gasteiger partial charge in [0.15, 0.2) is 0 Å². The number of fused-ring (bicyclic) bond motifs is 1. The molecular weight excluding hydrogens is 230 g/mol. The van der Waals surface area contributed by atoms with Crippen LogP contribution in [-0.4, -0.2) is 18.0 Å². The van der Waals surface area contributed by atoms with E-state index in [1.165, 1.54) is 16.3 Å². The van der Waals surface area contributed by atoms with Crippen LogP contribution in [0, 0.1) is 0 Å². The van der Waals surface area contributed by atoms with Crippen LogP contribution in [0.3, 0.4) is 0 Å². The minimum Gasteiger partial charge on any atom is -0.289 e. The molecule has 0 spiro atoms. The van der Waals surface area contributed by atoms with Crippen LogP contribution < -0.4 is 0 Å². The fourth-order valence-corrected chi connectivity index (χ4v) is 2.62. The molecule has 19 heavy (non-hydrogen) atoms. The van der Waals surface area contributed by atoms with E-state index in [1.807, 2.05) is 0 Å². The number of allylic oxidation sites excluding steroid dienone is 2. The van der Waals surface area contributed by atoms with Crippen molar-refractivity contribution in [2.24, 2.45) is 0 Å². The summed E-state index contributed by atoms with van der Waals surface area (Å²) < 4.78 is 0. The van der Waals surface area contributed by atoms with Crippen LogP contribution in [0.1, 0.15) is 18.5 Å². The number of nitrogens with zero attached hydrogens (tertiary/aromatic N) is 1. The van der Waals surface area contributed by atoms with Crippen molar-refractivity contribution >= 4 is 10.8 Å². The quantitative estimate of drug-likeness (QED) is 0.765. The highest BCUT2D eigenvalue weighted by atomic mass is 15.1. The summed E-state index contributed by atoms with van der Waals surface area (Å²) in [6, 6.07) is 15.8. The van der Waals surface area contributed by atoms with Crippen LogP contribution in [0.4, 0.5) is 0 Å². The van der Waals surface area contributed by atoms with Gasteiger partial charge >= 0.3 is 0 Å². The van der Waals surface area contributed by atoms with Crippen LogP contribution in [0.25, 0.3) is 10.8 Å². The van der Waals surface area contributed by atoms with E-state index in [0.717, 1.165) is 13.1 Å². The standard InChI is InChI=1S/C18H19N/c1-15(19-12-6-2-3-7-13-19)17-11-10-16-8-4-5-9-18(16)14-17/h2-11,14-15H,12-13H2,1H3/t15-/m1/s1. The molecule has 0 aromatic heterocycles. The Balaban J connectivity index is 1.90. The van der Waals surface area contributed by atoms with Gasteiger partial charge in [0, 0.05) is 19.1 Å². The van der Waals surface area contributed by atoms with Gasteiger partial charge in [-0.25, -0.2) is 0 Å². The molecule has 0 bridgehead atoms. The zero-order valence-electron chi connectivity index (χ0n) is 11.3. The van der Waals surface area contributed by atoms with Crippen LogP contribution in [0.5, 0.6) is 0 Å². The molecule has 0 aliphatic carbocycles. The Morgan fingerprint density at radius 3 is 2.32 bits per heavy atom. The molecule has 1 aliphatic rings. The highest BCUT2D eigenvalue weighted by Gasteiger charge is 2.14. The van der Waals surface area contributed by atoms with Gasteiger partial charge in [-0.2, -0.15) is 0 Å². The second-order valence-corrected chi connectivity index (χ2v) is 5.09. The lowest BCUT2D eigenvalue weighted by atomic mass is 10.0. The topological polar surface area (TPSA) is 3.24 Å². The summed E-state index contributed by atoms with van der Waals surface area (Å²) >= 11 is 0. The van der Waals surface area contributed by atoms with Crippen molar-refractivity contribution < 1.29 is 0 Å². The fraction of sp³-hybridized carbons (Fsp3) is 0.222. The minimum atomic E-state index is 0.442. The third-order valence-electron chi connectivity index (χ3n) is 3.87. The maximum atomic E-state index is 2.48. The number of benzene rings is 2. The molecule has 1 aliphatic heterocycles. The Morgan fingerprint density at radius 1 is 0.895 bits per heavy atom. The zero-order valence-corrected chi connectivity index (χ0v) is 11.3. The summed E-state index contributed by atoms with van der Waals surface area (Å²) in [5, 5.41) is 2.64. The van der Waals surface area contributed by atoms with Crippen molar-refractivity contribution in [3.8, 4) is 0 Å². The van der Waals surface area contributed by atoms with Crippen molar-refractivity contribution in [2.45, 2.75) is 13.0 Å². The second kappa shape index (κ2) is 5.41. The molecule has 0 fully saturated rings. The van der Waals surface area contributed by atoms with Crippen molar-refractivity contribution in [1.29, 1.82) is 0 Å². The Morgan fingerprint density at radius 2 is 1.58 bits per heavy atom. The molecule has 0 unspecified atom stereocenters. The van der Waals surface area contributed by atoms with Gasteiger partial charge in [0.25, 0.3) is 0 Å². The lowest BCUT2D eigenvalue weighted by Gasteiger charge is -2.27. The maximum Gasteiger partial charge on any atom is 0.0326 e. The lowest BCUT2D eigenvalue weighted by molar-refractivity contribution is 0.261. The van der Waals surface area contributed by atoms with Crippen LogP contribution in [0.2, 0.25) is 0 Å². The molecule has 1 heteroatoms. The van der Waals surface area contributed by atoms with E-state index in [-0.39, 0.29) is 0 Å². The molecule has 3 rings (SSSR count). The molecule has 1 nitrogen and oxygen atoms in total. The smallest absolute Gasteiger partial charge is 0.0326 e. The van der Waals surface area contributed by atoms with Crippen LogP contribution in [-0.2, 0) is 0 Å². The van der Waals surface area contributed by atoms with Gasteiger partial charge in [0.1, 0.15) is 0 Å². The van der Waals surface area contributed by atoms with Crippen molar-refractivity contribution in [3.05, 3.63) is 72.3 Å². The molecule has 2 aromatic carbocycles. The van der Waals surface area contributed by atoms with Crippen molar-refractivity contribution in [2.75, 3.05) is 13.1 Å². The summed E-state index contributed by atoms with van der Waals surface area (Å²) in [7, 11) is 0.